The van der Waals surface area contributed by atoms with Crippen molar-refractivity contribution in [2.45, 2.75) is 0 Å². The molecule has 0 spiro atoms. The molecular weight excluding hydrogens is 216 g/mol. The van der Waals surface area contributed by atoms with Gasteiger partial charge in [-0.3, -0.25) is 14.9 Å². The van der Waals surface area contributed by atoms with Crippen molar-refractivity contribution in [3.8, 4) is 0 Å². The van der Waals surface area contributed by atoms with Crippen LogP contribution in [0.2, 0.25) is 5.15 Å². The number of rotatable bonds is 2. The number of halogens is 1. The van der Waals surface area contributed by atoms with Gasteiger partial charge >= 0.3 is 0 Å². The third-order valence-electron chi connectivity index (χ3n) is 1.69. The highest BCUT2D eigenvalue weighted by Gasteiger charge is 2.06. The molecule has 0 fully saturated rings. The summed E-state index contributed by atoms with van der Waals surface area (Å²) < 4.78 is 1.53. The van der Waals surface area contributed by atoms with Crippen LogP contribution < -0.4 is 5.43 Å². The lowest BCUT2D eigenvalue weighted by Gasteiger charge is -2.04. The summed E-state index contributed by atoms with van der Waals surface area (Å²) in [5, 5.41) is 0.257. The minimum atomic E-state index is -0.338. The maximum atomic E-state index is 11.5. The molecule has 2 heterocycles. The molecule has 76 valence electrons. The first-order chi connectivity index (χ1) is 7.25. The predicted molar refractivity (Wildman–Crippen MR) is 55.2 cm³/mol. The molecular formula is C9H7ClN4O. The van der Waals surface area contributed by atoms with Gasteiger partial charge in [-0.2, -0.15) is 0 Å². The number of aromatic nitrogens is 3. The average Bonchev–Trinajstić information content (AvgIpc) is 2.71. The minimum Gasteiger partial charge on any atom is -0.268 e. The van der Waals surface area contributed by atoms with E-state index in [9.17, 15) is 4.79 Å². The van der Waals surface area contributed by atoms with Crippen LogP contribution in [0.25, 0.3) is 0 Å². The number of nitrogens with one attached hydrogen (secondary N) is 1. The number of amides is 1. The molecule has 6 heteroatoms. The van der Waals surface area contributed by atoms with Crippen LogP contribution >= 0.6 is 11.6 Å². The number of nitrogens with zero attached hydrogens (tertiary/aromatic N) is 3. The van der Waals surface area contributed by atoms with Gasteiger partial charge in [0.2, 0.25) is 0 Å². The van der Waals surface area contributed by atoms with Crippen LogP contribution in [-0.4, -0.2) is 20.6 Å². The SMILES string of the molecule is O=C(Nn1cccc1)c1cnc(Cl)cn1. The summed E-state index contributed by atoms with van der Waals surface area (Å²) in [6.07, 6.45) is 6.07. The van der Waals surface area contributed by atoms with Crippen LogP contribution in [0, 0.1) is 0 Å². The van der Waals surface area contributed by atoms with Gasteiger partial charge < -0.3 is 0 Å². The van der Waals surface area contributed by atoms with Crippen molar-refractivity contribution in [2.75, 3.05) is 5.43 Å². The van der Waals surface area contributed by atoms with Crippen molar-refractivity contribution in [3.05, 3.63) is 47.8 Å². The van der Waals surface area contributed by atoms with Gasteiger partial charge in [-0.05, 0) is 12.1 Å². The predicted octanol–water partition coefficient (Wildman–Crippen LogP) is 1.32. The Morgan fingerprint density at radius 2 is 2.00 bits per heavy atom. The monoisotopic (exact) mass is 222 g/mol. The molecule has 0 aliphatic rings. The summed E-state index contributed by atoms with van der Waals surface area (Å²) >= 11 is 5.55. The van der Waals surface area contributed by atoms with Crippen LogP contribution in [0.15, 0.2) is 36.9 Å². The van der Waals surface area contributed by atoms with Gasteiger partial charge in [-0.15, -0.1) is 0 Å². The van der Waals surface area contributed by atoms with E-state index in [0.717, 1.165) is 0 Å². The van der Waals surface area contributed by atoms with Gasteiger partial charge in [0.05, 0.1) is 12.4 Å². The van der Waals surface area contributed by atoms with Gasteiger partial charge in [0, 0.05) is 12.4 Å². The first-order valence-electron chi connectivity index (χ1n) is 4.17. The average molecular weight is 223 g/mol. The number of hydrogen-bond donors (Lipinski definition) is 1. The maximum Gasteiger partial charge on any atom is 0.290 e. The van der Waals surface area contributed by atoms with Gasteiger partial charge in [-0.1, -0.05) is 11.6 Å². The minimum absolute atomic E-state index is 0.216. The van der Waals surface area contributed by atoms with Crippen LogP contribution in [0.1, 0.15) is 10.5 Å². The summed E-state index contributed by atoms with van der Waals surface area (Å²) in [6.45, 7) is 0. The van der Waals surface area contributed by atoms with Crippen LogP contribution in [0.5, 0.6) is 0 Å². The zero-order chi connectivity index (χ0) is 10.7. The molecule has 2 aromatic rings. The zero-order valence-corrected chi connectivity index (χ0v) is 8.35. The summed E-state index contributed by atoms with van der Waals surface area (Å²) in [5.41, 5.74) is 2.81. The molecule has 0 saturated carbocycles. The summed E-state index contributed by atoms with van der Waals surface area (Å²) in [4.78, 5) is 19.1. The molecule has 0 saturated heterocycles. The molecule has 0 aromatic carbocycles. The van der Waals surface area contributed by atoms with Gasteiger partial charge in [-0.25, -0.2) is 9.97 Å². The summed E-state index contributed by atoms with van der Waals surface area (Å²) in [5.74, 6) is -0.338. The van der Waals surface area contributed by atoms with E-state index < -0.39 is 0 Å². The van der Waals surface area contributed by atoms with Crippen LogP contribution in [0.4, 0.5) is 0 Å². The molecule has 0 radical (unpaired) electrons. The van der Waals surface area contributed by atoms with Crippen molar-refractivity contribution in [2.24, 2.45) is 0 Å². The quantitative estimate of drug-likeness (QED) is 0.834. The largest absolute Gasteiger partial charge is 0.290 e. The fourth-order valence-corrected chi connectivity index (χ4v) is 1.11. The molecule has 0 bridgehead atoms. The summed E-state index contributed by atoms with van der Waals surface area (Å²) in [6, 6.07) is 3.60. The van der Waals surface area contributed by atoms with E-state index in [-0.39, 0.29) is 16.8 Å². The summed E-state index contributed by atoms with van der Waals surface area (Å²) in [7, 11) is 0. The molecule has 15 heavy (non-hydrogen) atoms. The number of hydrogen-bond acceptors (Lipinski definition) is 3. The van der Waals surface area contributed by atoms with E-state index in [1.165, 1.54) is 17.1 Å². The normalized spacial score (nSPS) is 9.93. The van der Waals surface area contributed by atoms with Crippen molar-refractivity contribution < 1.29 is 4.79 Å². The maximum absolute atomic E-state index is 11.5. The van der Waals surface area contributed by atoms with Crippen molar-refractivity contribution >= 4 is 17.5 Å². The van der Waals surface area contributed by atoms with Crippen LogP contribution in [0.3, 0.4) is 0 Å². The highest BCUT2D eigenvalue weighted by molar-refractivity contribution is 6.29. The van der Waals surface area contributed by atoms with E-state index in [0.29, 0.717) is 0 Å². The van der Waals surface area contributed by atoms with E-state index >= 15 is 0 Å². The fourth-order valence-electron chi connectivity index (χ4n) is 1.01. The van der Waals surface area contributed by atoms with E-state index in [2.05, 4.69) is 15.4 Å². The fraction of sp³-hybridized carbons (Fsp3) is 0. The highest BCUT2D eigenvalue weighted by Crippen LogP contribution is 2.01. The number of carbonyl (C=O) groups excluding carboxylic acids is 1. The third-order valence-corrected chi connectivity index (χ3v) is 1.88. The first-order valence-corrected chi connectivity index (χ1v) is 4.55. The van der Waals surface area contributed by atoms with E-state index in [1.54, 1.807) is 24.5 Å². The van der Waals surface area contributed by atoms with Crippen molar-refractivity contribution in [3.63, 3.8) is 0 Å². The van der Waals surface area contributed by atoms with Gasteiger partial charge in [0.1, 0.15) is 10.8 Å². The lowest BCUT2D eigenvalue weighted by Crippen LogP contribution is -2.22. The Morgan fingerprint density at radius 1 is 1.27 bits per heavy atom. The van der Waals surface area contributed by atoms with Crippen molar-refractivity contribution in [1.29, 1.82) is 0 Å². The Morgan fingerprint density at radius 3 is 2.60 bits per heavy atom. The molecule has 2 rings (SSSR count). The standard InChI is InChI=1S/C9H7ClN4O/c10-8-6-11-7(5-12-8)9(15)13-14-3-1-2-4-14/h1-6H,(H,13,15). The first kappa shape index (κ1) is 9.67. The smallest absolute Gasteiger partial charge is 0.268 e. The molecule has 2 aromatic heterocycles. The second-order valence-electron chi connectivity index (χ2n) is 2.76. The Labute approximate surface area is 90.7 Å². The molecule has 0 atom stereocenters. The molecule has 1 amide bonds. The molecule has 1 N–H and O–H groups in total. The zero-order valence-electron chi connectivity index (χ0n) is 7.59. The third kappa shape index (κ3) is 2.32. The van der Waals surface area contributed by atoms with Crippen molar-refractivity contribution in [1.82, 2.24) is 14.6 Å². The molecule has 5 nitrogen and oxygen atoms in total. The second kappa shape index (κ2) is 4.10. The van der Waals surface area contributed by atoms with E-state index in [4.69, 9.17) is 11.6 Å². The Bertz CT molecular complexity index is 451. The lowest BCUT2D eigenvalue weighted by atomic mass is 10.4. The Hall–Kier alpha value is -1.88. The van der Waals surface area contributed by atoms with E-state index in [1.807, 2.05) is 0 Å². The molecule has 0 aliphatic carbocycles. The Balaban J connectivity index is 2.11. The molecule has 0 unspecified atom stereocenters. The second-order valence-corrected chi connectivity index (χ2v) is 3.14. The Kier molecular flexibility index (Phi) is 2.64. The highest BCUT2D eigenvalue weighted by atomic mass is 35.5. The van der Waals surface area contributed by atoms with Crippen LogP contribution in [-0.2, 0) is 0 Å². The van der Waals surface area contributed by atoms with Gasteiger partial charge in [0.25, 0.3) is 5.91 Å². The lowest BCUT2D eigenvalue weighted by molar-refractivity contribution is 0.100. The molecule has 0 aliphatic heterocycles. The van der Waals surface area contributed by atoms with Gasteiger partial charge in [0.15, 0.2) is 0 Å². The number of carbonyl (C=O) groups is 1. The topological polar surface area (TPSA) is 59.8 Å².